The van der Waals surface area contributed by atoms with E-state index < -0.39 is 0 Å². The normalized spacial score (nSPS) is 25.6. The molecule has 3 rings (SSSR count). The summed E-state index contributed by atoms with van der Waals surface area (Å²) in [6, 6.07) is 20.6. The minimum Gasteiger partial charge on any atom is -0.246 e. The predicted molar refractivity (Wildman–Crippen MR) is 84.4 cm³/mol. The Kier molecular flexibility index (Phi) is 4.00. The van der Waals surface area contributed by atoms with Crippen LogP contribution in [0.15, 0.2) is 65.9 Å². The molecule has 3 heteroatoms. The number of nitrogens with zero attached hydrogens (tertiary/aromatic N) is 2. The van der Waals surface area contributed by atoms with Gasteiger partial charge < -0.3 is 0 Å². The van der Waals surface area contributed by atoms with Crippen LogP contribution in [0.3, 0.4) is 0 Å². The summed E-state index contributed by atoms with van der Waals surface area (Å²) in [7, 11) is 0. The molecule has 0 spiro atoms. The number of hydrogen-bond donors (Lipinski definition) is 0. The van der Waals surface area contributed by atoms with E-state index in [1.807, 2.05) is 36.4 Å². The standard InChI is InChI=1S/C18H20N2O/c1-14-12-13-17(15-8-4-2-5-9-15)20(19-21)18(14)16-10-6-3-7-11-16/h2-11,14,17-18H,12-13H2,1H3/t14-,17+,18-/m1/s1. The molecule has 0 radical (unpaired) electrons. The molecule has 0 aliphatic carbocycles. The Balaban J connectivity index is 1.97. The van der Waals surface area contributed by atoms with Crippen molar-refractivity contribution in [1.29, 1.82) is 0 Å². The minimum absolute atomic E-state index is 0.0580. The molecule has 1 fully saturated rings. The van der Waals surface area contributed by atoms with Crippen molar-refractivity contribution >= 4 is 0 Å². The molecule has 2 aromatic carbocycles. The first-order valence-corrected chi connectivity index (χ1v) is 7.52. The third-order valence-electron chi connectivity index (χ3n) is 4.46. The van der Waals surface area contributed by atoms with Crippen molar-refractivity contribution in [3.8, 4) is 0 Å². The van der Waals surface area contributed by atoms with Crippen LogP contribution >= 0.6 is 0 Å². The van der Waals surface area contributed by atoms with E-state index in [9.17, 15) is 4.91 Å². The van der Waals surface area contributed by atoms with Gasteiger partial charge in [0.05, 0.1) is 17.4 Å². The number of rotatable bonds is 3. The van der Waals surface area contributed by atoms with Crippen molar-refractivity contribution in [2.75, 3.05) is 0 Å². The molecule has 1 saturated heterocycles. The fourth-order valence-corrected chi connectivity index (χ4v) is 3.40. The summed E-state index contributed by atoms with van der Waals surface area (Å²) in [6.45, 7) is 2.21. The van der Waals surface area contributed by atoms with Crippen LogP contribution in [-0.4, -0.2) is 5.01 Å². The topological polar surface area (TPSA) is 32.7 Å². The van der Waals surface area contributed by atoms with E-state index in [4.69, 9.17) is 0 Å². The predicted octanol–water partition coefficient (Wildman–Crippen LogP) is 4.88. The first kappa shape index (κ1) is 13.8. The number of piperidine rings is 1. The average molecular weight is 280 g/mol. The number of nitroso groups, excluding NO2 is 1. The van der Waals surface area contributed by atoms with Gasteiger partial charge in [-0.2, -0.15) is 0 Å². The van der Waals surface area contributed by atoms with Gasteiger partial charge in [-0.3, -0.25) is 0 Å². The molecule has 0 unspecified atom stereocenters. The van der Waals surface area contributed by atoms with Gasteiger partial charge in [0.2, 0.25) is 0 Å². The van der Waals surface area contributed by atoms with Gasteiger partial charge in [-0.05, 0) is 29.9 Å². The molecule has 1 aliphatic rings. The van der Waals surface area contributed by atoms with E-state index in [1.54, 1.807) is 5.01 Å². The molecular formula is C18H20N2O. The lowest BCUT2D eigenvalue weighted by Gasteiger charge is -2.42. The fraction of sp³-hybridized carbons (Fsp3) is 0.333. The molecule has 0 N–H and O–H groups in total. The monoisotopic (exact) mass is 280 g/mol. The summed E-state index contributed by atoms with van der Waals surface area (Å²) in [6.07, 6.45) is 2.07. The van der Waals surface area contributed by atoms with Gasteiger partial charge in [0.1, 0.15) is 0 Å². The van der Waals surface area contributed by atoms with E-state index in [0.29, 0.717) is 5.92 Å². The lowest BCUT2D eigenvalue weighted by Crippen LogP contribution is -2.36. The van der Waals surface area contributed by atoms with Crippen LogP contribution < -0.4 is 0 Å². The van der Waals surface area contributed by atoms with Crippen molar-refractivity contribution in [2.24, 2.45) is 11.2 Å². The molecule has 0 aromatic heterocycles. The highest BCUT2D eigenvalue weighted by Gasteiger charge is 2.37. The van der Waals surface area contributed by atoms with Gasteiger partial charge in [-0.1, -0.05) is 67.6 Å². The van der Waals surface area contributed by atoms with E-state index in [1.165, 1.54) is 11.1 Å². The molecular weight excluding hydrogens is 260 g/mol. The van der Waals surface area contributed by atoms with Gasteiger partial charge in [0.15, 0.2) is 0 Å². The van der Waals surface area contributed by atoms with Crippen LogP contribution in [0.5, 0.6) is 0 Å². The Morgan fingerprint density at radius 1 is 0.905 bits per heavy atom. The van der Waals surface area contributed by atoms with Crippen LogP contribution in [0.25, 0.3) is 0 Å². The van der Waals surface area contributed by atoms with E-state index in [0.717, 1.165) is 12.8 Å². The molecule has 108 valence electrons. The summed E-state index contributed by atoms with van der Waals surface area (Å²) in [4.78, 5) is 11.5. The second-order valence-electron chi connectivity index (χ2n) is 5.80. The summed E-state index contributed by atoms with van der Waals surface area (Å²) in [5.41, 5.74) is 2.34. The summed E-state index contributed by atoms with van der Waals surface area (Å²) < 4.78 is 0. The van der Waals surface area contributed by atoms with Crippen LogP contribution in [0, 0.1) is 10.8 Å². The Morgan fingerprint density at radius 3 is 2.05 bits per heavy atom. The molecule has 1 heterocycles. The van der Waals surface area contributed by atoms with Crippen molar-refractivity contribution in [2.45, 2.75) is 31.8 Å². The Morgan fingerprint density at radius 2 is 1.48 bits per heavy atom. The van der Waals surface area contributed by atoms with Gasteiger partial charge in [-0.15, -0.1) is 4.91 Å². The molecule has 3 nitrogen and oxygen atoms in total. The maximum absolute atomic E-state index is 11.5. The SMILES string of the molecule is C[C@@H]1CC[C@@H](c2ccccc2)N(N=O)[C@H]1c1ccccc1. The minimum atomic E-state index is 0.0580. The second kappa shape index (κ2) is 6.08. The van der Waals surface area contributed by atoms with Crippen molar-refractivity contribution in [3.05, 3.63) is 76.7 Å². The zero-order chi connectivity index (χ0) is 14.7. The van der Waals surface area contributed by atoms with Gasteiger partial charge >= 0.3 is 0 Å². The van der Waals surface area contributed by atoms with Gasteiger partial charge in [0, 0.05) is 0 Å². The zero-order valence-corrected chi connectivity index (χ0v) is 12.2. The molecule has 0 saturated carbocycles. The van der Waals surface area contributed by atoms with Crippen LogP contribution in [-0.2, 0) is 0 Å². The molecule has 0 amide bonds. The van der Waals surface area contributed by atoms with Crippen LogP contribution in [0.2, 0.25) is 0 Å². The van der Waals surface area contributed by atoms with E-state index >= 15 is 0 Å². The number of hydrogen-bond acceptors (Lipinski definition) is 2. The summed E-state index contributed by atoms with van der Waals surface area (Å²) in [5, 5.41) is 5.16. The quantitative estimate of drug-likeness (QED) is 0.750. The maximum Gasteiger partial charge on any atom is 0.0784 e. The summed E-state index contributed by atoms with van der Waals surface area (Å²) in [5.74, 6) is 0.421. The fourth-order valence-electron chi connectivity index (χ4n) is 3.40. The van der Waals surface area contributed by atoms with Crippen LogP contribution in [0.1, 0.15) is 43.0 Å². The van der Waals surface area contributed by atoms with Crippen molar-refractivity contribution in [1.82, 2.24) is 5.01 Å². The largest absolute Gasteiger partial charge is 0.246 e. The Labute approximate surface area is 125 Å². The lowest BCUT2D eigenvalue weighted by molar-refractivity contribution is 0.0442. The van der Waals surface area contributed by atoms with Crippen molar-refractivity contribution < 1.29 is 0 Å². The lowest BCUT2D eigenvalue weighted by atomic mass is 9.82. The molecule has 1 aliphatic heterocycles. The van der Waals surface area contributed by atoms with E-state index in [-0.39, 0.29) is 12.1 Å². The second-order valence-corrected chi connectivity index (χ2v) is 5.80. The molecule has 21 heavy (non-hydrogen) atoms. The zero-order valence-electron chi connectivity index (χ0n) is 12.2. The molecule has 0 bridgehead atoms. The van der Waals surface area contributed by atoms with Crippen molar-refractivity contribution in [3.63, 3.8) is 0 Å². The van der Waals surface area contributed by atoms with Gasteiger partial charge in [-0.25, -0.2) is 5.01 Å². The highest BCUT2D eigenvalue weighted by molar-refractivity contribution is 5.24. The first-order valence-electron chi connectivity index (χ1n) is 7.52. The molecule has 2 aromatic rings. The average Bonchev–Trinajstić information content (AvgIpc) is 2.56. The highest BCUT2D eigenvalue weighted by Crippen LogP contribution is 2.44. The number of benzene rings is 2. The molecule has 3 atom stereocenters. The first-order chi connectivity index (χ1) is 10.3. The Hall–Kier alpha value is -2.16. The highest BCUT2D eigenvalue weighted by atomic mass is 16.3. The van der Waals surface area contributed by atoms with E-state index in [2.05, 4.69) is 36.5 Å². The third-order valence-corrected chi connectivity index (χ3v) is 4.46. The smallest absolute Gasteiger partial charge is 0.0784 e. The Bertz CT molecular complexity index is 585. The maximum atomic E-state index is 11.5. The third kappa shape index (κ3) is 2.68. The van der Waals surface area contributed by atoms with Gasteiger partial charge in [0.25, 0.3) is 0 Å². The summed E-state index contributed by atoms with van der Waals surface area (Å²) >= 11 is 0. The van der Waals surface area contributed by atoms with Crippen LogP contribution in [0.4, 0.5) is 0 Å².